The third-order valence-corrected chi connectivity index (χ3v) is 5.59. The van der Waals surface area contributed by atoms with Crippen LogP contribution < -0.4 is 10.1 Å². The van der Waals surface area contributed by atoms with E-state index in [2.05, 4.69) is 10.3 Å². The Morgan fingerprint density at radius 2 is 1.92 bits per heavy atom. The molecule has 4 rings (SSSR count). The fourth-order valence-corrected chi connectivity index (χ4v) is 4.07. The van der Waals surface area contributed by atoms with Crippen LogP contribution >= 0.6 is 0 Å². The highest BCUT2D eigenvalue weighted by atomic mass is 16.5. The molecule has 134 valence electrons. The van der Waals surface area contributed by atoms with Crippen LogP contribution in [0.15, 0.2) is 36.7 Å². The molecule has 1 N–H and O–H groups in total. The smallest absolute Gasteiger partial charge is 0.235 e. The minimum Gasteiger partial charge on any atom is -0.496 e. The number of aromatic nitrogens is 1. The third-order valence-electron chi connectivity index (χ3n) is 5.59. The molecule has 2 aliphatic rings. The first-order chi connectivity index (χ1) is 12.5. The summed E-state index contributed by atoms with van der Waals surface area (Å²) < 4.78 is 5.63. The predicted molar refractivity (Wildman–Crippen MR) is 98.0 cm³/mol. The van der Waals surface area contributed by atoms with Gasteiger partial charge in [0.2, 0.25) is 11.8 Å². The number of amides is 2. The number of nitrogens with one attached hydrogen (secondary N) is 1. The monoisotopic (exact) mass is 351 g/mol. The number of anilines is 1. The summed E-state index contributed by atoms with van der Waals surface area (Å²) in [6.07, 6.45) is 4.73. The highest BCUT2D eigenvalue weighted by molar-refractivity contribution is 6.07. The van der Waals surface area contributed by atoms with Crippen LogP contribution in [0.3, 0.4) is 0 Å². The maximum Gasteiger partial charge on any atom is 0.235 e. The lowest BCUT2D eigenvalue weighted by molar-refractivity contribution is -0.133. The number of carbonyl (C=O) groups is 2. The van der Waals surface area contributed by atoms with E-state index < -0.39 is 5.41 Å². The van der Waals surface area contributed by atoms with E-state index in [0.717, 1.165) is 28.1 Å². The van der Waals surface area contributed by atoms with Gasteiger partial charge in [-0.25, -0.2) is 0 Å². The normalized spacial score (nSPS) is 17.8. The topological polar surface area (TPSA) is 71.5 Å². The Morgan fingerprint density at radius 3 is 2.54 bits per heavy atom. The lowest BCUT2D eigenvalue weighted by Crippen LogP contribution is -2.47. The van der Waals surface area contributed by atoms with Gasteiger partial charge in [0.25, 0.3) is 0 Å². The van der Waals surface area contributed by atoms with Crippen molar-refractivity contribution in [3.05, 3.63) is 42.2 Å². The second-order valence-corrected chi connectivity index (χ2v) is 6.88. The molecule has 1 aromatic heterocycles. The second-order valence-electron chi connectivity index (χ2n) is 6.88. The molecule has 0 aliphatic carbocycles. The van der Waals surface area contributed by atoms with Crippen LogP contribution in [0.25, 0.3) is 11.1 Å². The molecule has 0 unspecified atom stereocenters. The summed E-state index contributed by atoms with van der Waals surface area (Å²) in [6, 6.07) is 7.80. The first kappa shape index (κ1) is 16.6. The Morgan fingerprint density at radius 1 is 1.23 bits per heavy atom. The summed E-state index contributed by atoms with van der Waals surface area (Å²) in [5.41, 5.74) is 3.14. The highest BCUT2D eigenvalue weighted by Crippen LogP contribution is 2.48. The van der Waals surface area contributed by atoms with Crippen molar-refractivity contribution in [3.8, 4) is 16.9 Å². The van der Waals surface area contributed by atoms with Crippen LogP contribution in [-0.2, 0) is 15.0 Å². The number of rotatable bonds is 2. The van der Waals surface area contributed by atoms with Crippen LogP contribution in [0, 0.1) is 0 Å². The Kier molecular flexibility index (Phi) is 3.90. The molecular formula is C20H21N3O3. The molecule has 0 bridgehead atoms. The summed E-state index contributed by atoms with van der Waals surface area (Å²) in [5.74, 6) is 0.813. The Bertz CT molecular complexity index is 871. The van der Waals surface area contributed by atoms with Gasteiger partial charge in [0.15, 0.2) is 0 Å². The second kappa shape index (κ2) is 6.12. The minimum atomic E-state index is -0.578. The Balaban J connectivity index is 1.77. The van der Waals surface area contributed by atoms with E-state index in [4.69, 9.17) is 4.74 Å². The highest BCUT2D eigenvalue weighted by Gasteiger charge is 2.49. The number of benzene rings is 1. The van der Waals surface area contributed by atoms with E-state index in [1.165, 1.54) is 0 Å². The van der Waals surface area contributed by atoms with Crippen molar-refractivity contribution in [1.29, 1.82) is 0 Å². The summed E-state index contributed by atoms with van der Waals surface area (Å²) in [4.78, 5) is 30.4. The van der Waals surface area contributed by atoms with E-state index in [1.54, 1.807) is 31.3 Å². The van der Waals surface area contributed by atoms with Crippen molar-refractivity contribution in [3.63, 3.8) is 0 Å². The molecule has 1 fully saturated rings. The maximum atomic E-state index is 12.9. The first-order valence-corrected chi connectivity index (χ1v) is 8.75. The molecule has 0 saturated carbocycles. The summed E-state index contributed by atoms with van der Waals surface area (Å²) >= 11 is 0. The molecule has 26 heavy (non-hydrogen) atoms. The van der Waals surface area contributed by atoms with Gasteiger partial charge < -0.3 is 15.0 Å². The van der Waals surface area contributed by atoms with Gasteiger partial charge in [0.05, 0.1) is 12.5 Å². The molecule has 2 amide bonds. The number of nitrogens with zero attached hydrogens (tertiary/aromatic N) is 2. The molecule has 0 atom stereocenters. The molecular weight excluding hydrogens is 330 g/mol. The van der Waals surface area contributed by atoms with E-state index in [1.807, 2.05) is 24.3 Å². The van der Waals surface area contributed by atoms with Crippen LogP contribution in [0.2, 0.25) is 0 Å². The van der Waals surface area contributed by atoms with Crippen molar-refractivity contribution in [1.82, 2.24) is 9.88 Å². The quantitative estimate of drug-likeness (QED) is 0.903. The number of hydrogen-bond donors (Lipinski definition) is 1. The van der Waals surface area contributed by atoms with Crippen molar-refractivity contribution >= 4 is 17.5 Å². The van der Waals surface area contributed by atoms with Crippen LogP contribution in [0.5, 0.6) is 5.75 Å². The first-order valence-electron chi connectivity index (χ1n) is 8.75. The van der Waals surface area contributed by atoms with Crippen molar-refractivity contribution in [2.24, 2.45) is 0 Å². The maximum absolute atomic E-state index is 12.9. The van der Waals surface area contributed by atoms with Gasteiger partial charge in [0, 0.05) is 43.7 Å². The largest absolute Gasteiger partial charge is 0.496 e. The predicted octanol–water partition coefficient (Wildman–Crippen LogP) is 2.59. The van der Waals surface area contributed by atoms with Gasteiger partial charge in [-0.1, -0.05) is 0 Å². The molecule has 2 aliphatic heterocycles. The van der Waals surface area contributed by atoms with E-state index in [-0.39, 0.29) is 11.8 Å². The van der Waals surface area contributed by atoms with Crippen LogP contribution in [-0.4, -0.2) is 41.9 Å². The molecule has 6 nitrogen and oxygen atoms in total. The molecule has 1 saturated heterocycles. The zero-order valence-corrected chi connectivity index (χ0v) is 14.9. The van der Waals surface area contributed by atoms with Gasteiger partial charge in [-0.2, -0.15) is 0 Å². The summed E-state index contributed by atoms with van der Waals surface area (Å²) in [7, 11) is 1.64. The van der Waals surface area contributed by atoms with Gasteiger partial charge >= 0.3 is 0 Å². The molecule has 3 heterocycles. The standard InChI is InChI=1S/C20H21N3O3/c1-13(24)23-9-5-20(6-10-23)16-12-18(26-2)15(11-17(16)22-19(20)25)14-3-7-21-8-4-14/h3-4,7-8,11-12H,5-6,9-10H2,1-2H3,(H,22,25). The number of ether oxygens (including phenoxy) is 1. The van der Waals surface area contributed by atoms with Crippen LogP contribution in [0.4, 0.5) is 5.69 Å². The zero-order chi connectivity index (χ0) is 18.3. The molecule has 2 aromatic rings. The fraction of sp³-hybridized carbons (Fsp3) is 0.350. The fourth-order valence-electron chi connectivity index (χ4n) is 4.07. The van der Waals surface area contributed by atoms with E-state index in [9.17, 15) is 9.59 Å². The molecule has 1 aromatic carbocycles. The number of hydrogen-bond acceptors (Lipinski definition) is 4. The van der Waals surface area contributed by atoms with Crippen molar-refractivity contribution in [2.75, 3.05) is 25.5 Å². The van der Waals surface area contributed by atoms with Gasteiger partial charge in [-0.15, -0.1) is 0 Å². The van der Waals surface area contributed by atoms with Crippen molar-refractivity contribution in [2.45, 2.75) is 25.2 Å². The van der Waals surface area contributed by atoms with Crippen molar-refractivity contribution < 1.29 is 14.3 Å². The lowest BCUT2D eigenvalue weighted by Gasteiger charge is -2.37. The Hall–Kier alpha value is -2.89. The summed E-state index contributed by atoms with van der Waals surface area (Å²) in [5, 5.41) is 3.05. The minimum absolute atomic E-state index is 0.0182. The van der Waals surface area contributed by atoms with E-state index in [0.29, 0.717) is 25.9 Å². The molecule has 1 spiro atoms. The summed E-state index contributed by atoms with van der Waals surface area (Å²) in [6.45, 7) is 2.76. The average Bonchev–Trinajstić information content (AvgIpc) is 2.92. The number of pyridine rings is 1. The molecule has 0 radical (unpaired) electrons. The lowest BCUT2D eigenvalue weighted by atomic mass is 9.73. The average molecular weight is 351 g/mol. The SMILES string of the molecule is COc1cc2c(cc1-c1ccncc1)NC(=O)C21CCN(C(C)=O)CC1. The van der Waals surface area contributed by atoms with Gasteiger partial charge in [0.1, 0.15) is 5.75 Å². The number of fused-ring (bicyclic) bond motifs is 2. The third kappa shape index (κ3) is 2.44. The number of carbonyl (C=O) groups excluding carboxylic acids is 2. The van der Waals surface area contributed by atoms with Crippen LogP contribution in [0.1, 0.15) is 25.3 Å². The number of likely N-dealkylation sites (tertiary alicyclic amines) is 1. The number of piperidine rings is 1. The Labute approximate surface area is 152 Å². The van der Waals surface area contributed by atoms with Gasteiger partial charge in [-0.05, 0) is 48.2 Å². The van der Waals surface area contributed by atoms with E-state index >= 15 is 0 Å². The number of methoxy groups -OCH3 is 1. The van der Waals surface area contributed by atoms with Gasteiger partial charge in [-0.3, -0.25) is 14.6 Å². The zero-order valence-electron chi connectivity index (χ0n) is 14.9. The molecule has 6 heteroatoms.